The Hall–Kier alpha value is -1.59. The first kappa shape index (κ1) is 8.98. The fraction of sp³-hybridized carbons (Fsp3) is 0.250. The molecule has 3 nitrogen and oxygen atoms in total. The third-order valence-corrected chi connectivity index (χ3v) is 1.82. The number of aromatic nitrogens is 3. The lowest BCUT2D eigenvalue weighted by Gasteiger charge is -2.05. The fourth-order valence-corrected chi connectivity index (χ4v) is 1.26. The van der Waals surface area contributed by atoms with E-state index >= 15 is 0 Å². The predicted octanol–water partition coefficient (Wildman–Crippen LogP) is 2.29. The summed E-state index contributed by atoms with van der Waals surface area (Å²) in [5.74, 6) is 0.421. The molecule has 0 fully saturated rings. The van der Waals surface area contributed by atoms with Gasteiger partial charge in [0.15, 0.2) is 5.65 Å². The van der Waals surface area contributed by atoms with Crippen molar-refractivity contribution in [3.8, 4) is 0 Å². The summed E-state index contributed by atoms with van der Waals surface area (Å²) in [6.45, 7) is 1.59. The molecule has 2 aromatic heterocycles. The Balaban J connectivity index is 2.77. The number of pyridine rings is 1. The number of aromatic amines is 1. The van der Waals surface area contributed by atoms with Crippen LogP contribution in [0.4, 0.5) is 13.2 Å². The molecule has 0 amide bonds. The van der Waals surface area contributed by atoms with Gasteiger partial charge >= 0.3 is 6.18 Å². The highest BCUT2D eigenvalue weighted by Crippen LogP contribution is 2.32. The average Bonchev–Trinajstić information content (AvgIpc) is 2.41. The molecule has 0 aliphatic rings. The zero-order valence-corrected chi connectivity index (χ0v) is 7.18. The van der Waals surface area contributed by atoms with Gasteiger partial charge in [0.2, 0.25) is 0 Å². The molecule has 0 spiro atoms. The second kappa shape index (κ2) is 2.70. The quantitative estimate of drug-likeness (QED) is 0.710. The second-order valence-corrected chi connectivity index (χ2v) is 2.88. The van der Waals surface area contributed by atoms with Crippen LogP contribution in [0.2, 0.25) is 0 Å². The molecule has 2 rings (SSSR count). The highest BCUT2D eigenvalue weighted by Gasteiger charge is 2.33. The maximum absolute atomic E-state index is 12.5. The zero-order valence-electron chi connectivity index (χ0n) is 7.18. The topological polar surface area (TPSA) is 41.6 Å². The van der Waals surface area contributed by atoms with Gasteiger partial charge in [-0.1, -0.05) is 0 Å². The van der Waals surface area contributed by atoms with Crippen LogP contribution < -0.4 is 0 Å². The number of imidazole rings is 1. The minimum atomic E-state index is -4.37. The van der Waals surface area contributed by atoms with Crippen molar-refractivity contribution in [2.45, 2.75) is 13.1 Å². The number of alkyl halides is 3. The van der Waals surface area contributed by atoms with Gasteiger partial charge in [-0.25, -0.2) is 9.97 Å². The van der Waals surface area contributed by atoms with Crippen LogP contribution in [-0.4, -0.2) is 15.0 Å². The molecule has 0 saturated carbocycles. The molecule has 0 aliphatic carbocycles. The summed E-state index contributed by atoms with van der Waals surface area (Å²) in [7, 11) is 0. The first-order valence-corrected chi connectivity index (χ1v) is 3.87. The number of hydrogen-bond acceptors (Lipinski definition) is 2. The average molecular weight is 201 g/mol. The van der Waals surface area contributed by atoms with Crippen molar-refractivity contribution in [3.63, 3.8) is 0 Å². The fourth-order valence-electron chi connectivity index (χ4n) is 1.26. The monoisotopic (exact) mass is 201 g/mol. The zero-order chi connectivity index (χ0) is 10.3. The van der Waals surface area contributed by atoms with E-state index in [1.807, 2.05) is 0 Å². The van der Waals surface area contributed by atoms with Crippen LogP contribution in [0.5, 0.6) is 0 Å². The Morgan fingerprint density at radius 3 is 2.71 bits per heavy atom. The van der Waals surface area contributed by atoms with Gasteiger partial charge in [-0.05, 0) is 13.0 Å². The van der Waals surface area contributed by atoms with Gasteiger partial charge in [0, 0.05) is 6.20 Å². The van der Waals surface area contributed by atoms with Crippen molar-refractivity contribution in [2.75, 3.05) is 0 Å². The van der Waals surface area contributed by atoms with Crippen molar-refractivity contribution >= 4 is 11.2 Å². The van der Waals surface area contributed by atoms with Crippen molar-refractivity contribution in [1.29, 1.82) is 0 Å². The Morgan fingerprint density at radius 2 is 2.07 bits per heavy atom. The number of nitrogens with zero attached hydrogens (tertiary/aromatic N) is 2. The van der Waals surface area contributed by atoms with Gasteiger partial charge in [0.1, 0.15) is 5.82 Å². The molecule has 6 heteroatoms. The van der Waals surface area contributed by atoms with Crippen LogP contribution in [0.1, 0.15) is 11.4 Å². The van der Waals surface area contributed by atoms with E-state index in [0.717, 1.165) is 12.3 Å². The Kier molecular flexibility index (Phi) is 1.73. The van der Waals surface area contributed by atoms with E-state index in [2.05, 4.69) is 15.0 Å². The lowest BCUT2D eigenvalue weighted by molar-refractivity contribution is -0.136. The minimum Gasteiger partial charge on any atom is -0.340 e. The molecule has 0 unspecified atom stereocenters. The maximum atomic E-state index is 12.5. The van der Waals surface area contributed by atoms with Crippen molar-refractivity contribution < 1.29 is 13.2 Å². The van der Waals surface area contributed by atoms with E-state index in [0.29, 0.717) is 5.82 Å². The number of H-pyrrole nitrogens is 1. The summed E-state index contributed by atoms with van der Waals surface area (Å²) in [6.07, 6.45) is -3.27. The van der Waals surface area contributed by atoms with Crippen LogP contribution >= 0.6 is 0 Å². The van der Waals surface area contributed by atoms with Crippen LogP contribution in [-0.2, 0) is 6.18 Å². The van der Waals surface area contributed by atoms with Crippen LogP contribution in [0.3, 0.4) is 0 Å². The van der Waals surface area contributed by atoms with Crippen molar-refractivity contribution in [1.82, 2.24) is 15.0 Å². The van der Waals surface area contributed by atoms with E-state index in [4.69, 9.17) is 0 Å². The summed E-state index contributed by atoms with van der Waals surface area (Å²) < 4.78 is 37.4. The summed E-state index contributed by atoms with van der Waals surface area (Å²) in [5.41, 5.74) is -0.696. The van der Waals surface area contributed by atoms with E-state index in [-0.39, 0.29) is 11.2 Å². The molecule has 0 radical (unpaired) electrons. The standard InChI is InChI=1S/C8H6F3N3/c1-4-13-6-5(8(9,10)11)2-3-12-7(6)14-4/h2-3H,1H3,(H,12,13,14). The van der Waals surface area contributed by atoms with E-state index < -0.39 is 11.7 Å². The second-order valence-electron chi connectivity index (χ2n) is 2.88. The maximum Gasteiger partial charge on any atom is 0.418 e. The van der Waals surface area contributed by atoms with Gasteiger partial charge in [0.25, 0.3) is 0 Å². The number of aryl methyl sites for hydroxylation is 1. The molecule has 0 atom stereocenters. The summed E-state index contributed by atoms with van der Waals surface area (Å²) in [4.78, 5) is 10.1. The SMILES string of the molecule is Cc1nc2nccc(C(F)(F)F)c2[nH]1. The third-order valence-electron chi connectivity index (χ3n) is 1.82. The Bertz CT molecular complexity index is 472. The van der Waals surface area contributed by atoms with Crippen LogP contribution in [0.15, 0.2) is 12.3 Å². The molecule has 0 aromatic carbocycles. The van der Waals surface area contributed by atoms with Gasteiger partial charge in [-0.2, -0.15) is 13.2 Å². The van der Waals surface area contributed by atoms with Crippen LogP contribution in [0.25, 0.3) is 11.2 Å². The van der Waals surface area contributed by atoms with E-state index in [1.54, 1.807) is 6.92 Å². The summed E-state index contributed by atoms with van der Waals surface area (Å²) in [5, 5.41) is 0. The van der Waals surface area contributed by atoms with Gasteiger partial charge in [-0.15, -0.1) is 0 Å². The first-order chi connectivity index (χ1) is 6.48. The summed E-state index contributed by atoms with van der Waals surface area (Å²) >= 11 is 0. The van der Waals surface area contributed by atoms with Crippen molar-refractivity contribution in [3.05, 3.63) is 23.7 Å². The minimum absolute atomic E-state index is 0.0579. The molecular weight excluding hydrogens is 195 g/mol. The van der Waals surface area contributed by atoms with Gasteiger partial charge < -0.3 is 4.98 Å². The molecule has 14 heavy (non-hydrogen) atoms. The lowest BCUT2D eigenvalue weighted by Crippen LogP contribution is -2.06. The number of rotatable bonds is 0. The van der Waals surface area contributed by atoms with Gasteiger partial charge in [0.05, 0.1) is 11.1 Å². The molecule has 0 aliphatic heterocycles. The van der Waals surface area contributed by atoms with Crippen molar-refractivity contribution in [2.24, 2.45) is 0 Å². The first-order valence-electron chi connectivity index (χ1n) is 3.87. The summed E-state index contributed by atoms with van der Waals surface area (Å²) in [6, 6.07) is 0.931. The molecule has 0 bridgehead atoms. The number of nitrogens with one attached hydrogen (secondary N) is 1. The molecule has 1 N–H and O–H groups in total. The normalized spacial score (nSPS) is 12.3. The van der Waals surface area contributed by atoms with E-state index in [1.165, 1.54) is 0 Å². The molecular formula is C8H6F3N3. The molecule has 2 aromatic rings. The predicted molar refractivity (Wildman–Crippen MR) is 43.6 cm³/mol. The van der Waals surface area contributed by atoms with Gasteiger partial charge in [-0.3, -0.25) is 0 Å². The number of fused-ring (bicyclic) bond motifs is 1. The molecule has 0 saturated heterocycles. The lowest BCUT2D eigenvalue weighted by atomic mass is 10.2. The molecule has 74 valence electrons. The van der Waals surface area contributed by atoms with Crippen LogP contribution in [0, 0.1) is 6.92 Å². The number of halogens is 3. The highest BCUT2D eigenvalue weighted by atomic mass is 19.4. The Morgan fingerprint density at radius 1 is 1.36 bits per heavy atom. The third kappa shape index (κ3) is 1.32. The smallest absolute Gasteiger partial charge is 0.340 e. The Labute approximate surface area is 77.0 Å². The van der Waals surface area contributed by atoms with E-state index in [9.17, 15) is 13.2 Å². The molecule has 2 heterocycles. The highest BCUT2D eigenvalue weighted by molar-refractivity contribution is 5.75. The number of hydrogen-bond donors (Lipinski definition) is 1. The largest absolute Gasteiger partial charge is 0.418 e.